The predicted octanol–water partition coefficient (Wildman–Crippen LogP) is 3.03. The second kappa shape index (κ2) is 8.36. The highest BCUT2D eigenvalue weighted by atomic mass is 16.5. The van der Waals surface area contributed by atoms with Gasteiger partial charge in [-0.15, -0.1) is 0 Å². The summed E-state index contributed by atoms with van der Waals surface area (Å²) in [5.41, 5.74) is 9.38. The van der Waals surface area contributed by atoms with Crippen molar-refractivity contribution in [3.63, 3.8) is 0 Å². The van der Waals surface area contributed by atoms with Crippen LogP contribution in [-0.4, -0.2) is 38.6 Å². The minimum Gasteiger partial charge on any atom is -0.497 e. The van der Waals surface area contributed by atoms with Crippen molar-refractivity contribution in [3.8, 4) is 5.75 Å². The van der Waals surface area contributed by atoms with Crippen LogP contribution in [0.25, 0.3) is 0 Å². The van der Waals surface area contributed by atoms with Crippen molar-refractivity contribution in [1.82, 2.24) is 4.90 Å². The normalized spacial score (nSPS) is 13.0. The Morgan fingerprint density at radius 1 is 1.12 bits per heavy atom. The molecule has 24 heavy (non-hydrogen) atoms. The van der Waals surface area contributed by atoms with Crippen molar-refractivity contribution in [2.45, 2.75) is 13.0 Å². The number of nitrogens with zero attached hydrogens (tertiary/aromatic N) is 2. The summed E-state index contributed by atoms with van der Waals surface area (Å²) < 4.78 is 5.14. The Kier molecular flexibility index (Phi) is 6.21. The first-order valence-corrected chi connectivity index (χ1v) is 7.93. The predicted molar refractivity (Wildman–Crippen MR) is 101 cm³/mol. The van der Waals surface area contributed by atoms with E-state index in [0.717, 1.165) is 11.4 Å². The molecule has 0 aliphatic rings. The van der Waals surface area contributed by atoms with Crippen LogP contribution in [0.1, 0.15) is 17.2 Å². The molecule has 2 rings (SSSR count). The number of guanidine groups is 1. The van der Waals surface area contributed by atoms with Gasteiger partial charge >= 0.3 is 0 Å². The summed E-state index contributed by atoms with van der Waals surface area (Å²) >= 11 is 0. The van der Waals surface area contributed by atoms with Crippen LogP contribution < -0.4 is 15.8 Å². The Morgan fingerprint density at radius 3 is 2.29 bits per heavy atom. The summed E-state index contributed by atoms with van der Waals surface area (Å²) in [4.78, 5) is 6.64. The van der Waals surface area contributed by atoms with Crippen molar-refractivity contribution in [2.75, 3.05) is 33.1 Å². The van der Waals surface area contributed by atoms with Crippen LogP contribution in [0.15, 0.2) is 53.5 Å². The third kappa shape index (κ3) is 4.99. The Morgan fingerprint density at radius 2 is 1.75 bits per heavy atom. The quantitative estimate of drug-likeness (QED) is 0.633. The van der Waals surface area contributed by atoms with E-state index in [1.54, 1.807) is 7.11 Å². The van der Waals surface area contributed by atoms with Crippen LogP contribution >= 0.6 is 0 Å². The summed E-state index contributed by atoms with van der Waals surface area (Å²) in [6, 6.07) is 16.3. The molecular formula is C19H26N4O. The maximum atomic E-state index is 6.02. The molecule has 0 fully saturated rings. The van der Waals surface area contributed by atoms with Crippen LogP contribution in [0.3, 0.4) is 0 Å². The molecule has 1 atom stereocenters. The molecule has 0 aromatic heterocycles. The summed E-state index contributed by atoms with van der Waals surface area (Å²) in [5.74, 6) is 1.21. The molecule has 0 heterocycles. The van der Waals surface area contributed by atoms with E-state index in [4.69, 9.17) is 10.5 Å². The van der Waals surface area contributed by atoms with E-state index in [-0.39, 0.29) is 6.04 Å². The Bertz CT molecular complexity index is 663. The lowest BCUT2D eigenvalue weighted by Gasteiger charge is -2.23. The number of rotatable bonds is 6. The van der Waals surface area contributed by atoms with Crippen molar-refractivity contribution in [1.29, 1.82) is 0 Å². The number of benzene rings is 2. The average molecular weight is 326 g/mol. The second-order valence-electron chi connectivity index (χ2n) is 5.97. The molecule has 0 aliphatic heterocycles. The Balaban J connectivity index is 2.03. The second-order valence-corrected chi connectivity index (χ2v) is 5.97. The highest BCUT2D eigenvalue weighted by molar-refractivity contribution is 5.92. The van der Waals surface area contributed by atoms with E-state index in [1.165, 1.54) is 11.1 Å². The number of aryl methyl sites for hydroxylation is 1. The number of ether oxygens (including phenoxy) is 1. The molecule has 5 heteroatoms. The van der Waals surface area contributed by atoms with Crippen LogP contribution in [-0.2, 0) is 0 Å². The number of likely N-dealkylation sites (N-methyl/N-ethyl adjacent to an activating group) is 1. The molecular weight excluding hydrogens is 300 g/mol. The maximum Gasteiger partial charge on any atom is 0.193 e. The third-order valence-electron chi connectivity index (χ3n) is 3.88. The van der Waals surface area contributed by atoms with Gasteiger partial charge in [-0.2, -0.15) is 0 Å². The zero-order valence-corrected chi connectivity index (χ0v) is 14.8. The van der Waals surface area contributed by atoms with Crippen molar-refractivity contribution in [3.05, 3.63) is 59.7 Å². The van der Waals surface area contributed by atoms with Gasteiger partial charge in [0.2, 0.25) is 0 Å². The minimum absolute atomic E-state index is 0.182. The number of hydrogen-bond acceptors (Lipinski definition) is 3. The largest absolute Gasteiger partial charge is 0.497 e. The highest BCUT2D eigenvalue weighted by Gasteiger charge is 2.13. The van der Waals surface area contributed by atoms with Crippen molar-refractivity contribution in [2.24, 2.45) is 10.7 Å². The molecule has 0 spiro atoms. The Hall–Kier alpha value is -2.53. The topological polar surface area (TPSA) is 62.9 Å². The van der Waals surface area contributed by atoms with Crippen molar-refractivity contribution < 1.29 is 4.74 Å². The first-order valence-electron chi connectivity index (χ1n) is 7.93. The fraction of sp³-hybridized carbons (Fsp3) is 0.316. The van der Waals surface area contributed by atoms with Gasteiger partial charge in [-0.25, -0.2) is 0 Å². The lowest BCUT2D eigenvalue weighted by molar-refractivity contribution is 0.306. The first kappa shape index (κ1) is 17.8. The van der Waals surface area contributed by atoms with Gasteiger partial charge in [0.05, 0.1) is 19.7 Å². The standard InChI is InChI=1S/C19H26N4O/c1-14-5-7-15(8-6-14)18(23(2)3)13-21-19(20)22-16-9-11-17(24-4)12-10-16/h5-12,18H,13H2,1-4H3,(H3,20,21,22). The average Bonchev–Trinajstić information content (AvgIpc) is 2.57. The number of nitrogens with one attached hydrogen (secondary N) is 1. The van der Waals surface area contributed by atoms with E-state index in [2.05, 4.69) is 46.4 Å². The zero-order chi connectivity index (χ0) is 17.5. The zero-order valence-electron chi connectivity index (χ0n) is 14.8. The van der Waals surface area contributed by atoms with Crippen LogP contribution in [0, 0.1) is 6.92 Å². The molecule has 5 nitrogen and oxygen atoms in total. The summed E-state index contributed by atoms with van der Waals surface area (Å²) in [6.07, 6.45) is 0. The summed E-state index contributed by atoms with van der Waals surface area (Å²) in [5, 5.41) is 3.10. The fourth-order valence-corrected chi connectivity index (χ4v) is 2.40. The van der Waals surface area contributed by atoms with Gasteiger partial charge in [-0.05, 0) is 50.8 Å². The molecule has 2 aromatic carbocycles. The monoisotopic (exact) mass is 326 g/mol. The molecule has 2 aromatic rings. The highest BCUT2D eigenvalue weighted by Crippen LogP contribution is 2.19. The molecule has 0 bridgehead atoms. The van der Waals surface area contributed by atoms with E-state index in [9.17, 15) is 0 Å². The molecule has 0 aliphatic carbocycles. The van der Waals surface area contributed by atoms with Crippen LogP contribution in [0.5, 0.6) is 5.75 Å². The maximum absolute atomic E-state index is 6.02. The van der Waals surface area contributed by atoms with Gasteiger partial charge in [0.15, 0.2) is 5.96 Å². The Labute approximate surface area is 144 Å². The fourth-order valence-electron chi connectivity index (χ4n) is 2.40. The number of nitrogens with two attached hydrogens (primary N) is 1. The van der Waals surface area contributed by atoms with Gasteiger partial charge in [0.1, 0.15) is 5.75 Å². The molecule has 0 saturated heterocycles. The number of aliphatic imine (C=N–C) groups is 1. The lowest BCUT2D eigenvalue weighted by atomic mass is 10.0. The van der Waals surface area contributed by atoms with Gasteiger partial charge in [0, 0.05) is 5.69 Å². The van der Waals surface area contributed by atoms with E-state index >= 15 is 0 Å². The molecule has 1 unspecified atom stereocenters. The molecule has 0 saturated carbocycles. The van der Waals surface area contributed by atoms with E-state index < -0.39 is 0 Å². The number of anilines is 1. The smallest absolute Gasteiger partial charge is 0.193 e. The first-order chi connectivity index (χ1) is 11.5. The van der Waals surface area contributed by atoms with Gasteiger partial charge in [-0.1, -0.05) is 29.8 Å². The molecule has 3 N–H and O–H groups in total. The van der Waals surface area contributed by atoms with E-state index in [0.29, 0.717) is 12.5 Å². The number of methoxy groups -OCH3 is 1. The van der Waals surface area contributed by atoms with Crippen LogP contribution in [0.4, 0.5) is 5.69 Å². The molecule has 128 valence electrons. The molecule has 0 radical (unpaired) electrons. The number of hydrogen-bond donors (Lipinski definition) is 2. The lowest BCUT2D eigenvalue weighted by Crippen LogP contribution is -2.27. The van der Waals surface area contributed by atoms with Crippen molar-refractivity contribution >= 4 is 11.6 Å². The van der Waals surface area contributed by atoms with Gasteiger partial charge < -0.3 is 20.7 Å². The summed E-state index contributed by atoms with van der Waals surface area (Å²) in [6.45, 7) is 2.68. The minimum atomic E-state index is 0.182. The van der Waals surface area contributed by atoms with Gasteiger partial charge in [0.25, 0.3) is 0 Å². The van der Waals surface area contributed by atoms with E-state index in [1.807, 2.05) is 38.4 Å². The van der Waals surface area contributed by atoms with Gasteiger partial charge in [-0.3, -0.25) is 4.99 Å². The molecule has 0 amide bonds. The summed E-state index contributed by atoms with van der Waals surface area (Å²) in [7, 11) is 5.74. The van der Waals surface area contributed by atoms with Crippen LogP contribution in [0.2, 0.25) is 0 Å². The SMILES string of the molecule is COc1ccc(NC(N)=NCC(c2ccc(C)cc2)N(C)C)cc1. The third-order valence-corrected chi connectivity index (χ3v) is 3.88.